The van der Waals surface area contributed by atoms with E-state index in [1.54, 1.807) is 7.11 Å². The van der Waals surface area contributed by atoms with E-state index >= 15 is 0 Å². The standard InChI is InChI=1S/C27H21NO/c1-29-27-16-14-24(15-17-27)28(25-12-10-20-6-2-4-8-22(20)18-25)26-13-11-21-7-3-5-9-23(21)19-26/h2-19H,1H3. The lowest BCUT2D eigenvalue weighted by atomic mass is 10.1. The van der Waals surface area contributed by atoms with Crippen molar-refractivity contribution in [3.63, 3.8) is 0 Å². The fraction of sp³-hybridized carbons (Fsp3) is 0.0370. The molecule has 0 N–H and O–H groups in total. The van der Waals surface area contributed by atoms with E-state index in [1.807, 2.05) is 12.1 Å². The maximum atomic E-state index is 5.36. The molecule has 0 radical (unpaired) electrons. The van der Waals surface area contributed by atoms with Gasteiger partial charge in [-0.1, -0.05) is 60.7 Å². The molecule has 2 heteroatoms. The molecule has 29 heavy (non-hydrogen) atoms. The average Bonchev–Trinajstić information content (AvgIpc) is 2.79. The first-order chi connectivity index (χ1) is 14.3. The molecule has 0 spiro atoms. The fourth-order valence-corrected chi connectivity index (χ4v) is 3.81. The van der Waals surface area contributed by atoms with Crippen molar-refractivity contribution in [3.8, 4) is 5.75 Å². The van der Waals surface area contributed by atoms with Crippen molar-refractivity contribution >= 4 is 38.6 Å². The van der Waals surface area contributed by atoms with Gasteiger partial charge in [-0.25, -0.2) is 0 Å². The molecule has 0 saturated heterocycles. The van der Waals surface area contributed by atoms with Crippen molar-refractivity contribution in [3.05, 3.63) is 109 Å². The van der Waals surface area contributed by atoms with Crippen LogP contribution in [0.15, 0.2) is 109 Å². The third-order valence-corrected chi connectivity index (χ3v) is 5.31. The molecule has 5 aromatic carbocycles. The Morgan fingerprint density at radius 2 is 0.931 bits per heavy atom. The lowest BCUT2D eigenvalue weighted by Crippen LogP contribution is -2.09. The maximum absolute atomic E-state index is 5.36. The van der Waals surface area contributed by atoms with E-state index in [0.717, 1.165) is 22.8 Å². The molecule has 0 atom stereocenters. The van der Waals surface area contributed by atoms with Gasteiger partial charge in [0.2, 0.25) is 0 Å². The predicted octanol–water partition coefficient (Wildman–Crippen LogP) is 7.47. The molecular formula is C27H21NO. The summed E-state index contributed by atoms with van der Waals surface area (Å²) in [6, 6.07) is 38.4. The first kappa shape index (κ1) is 17.3. The van der Waals surface area contributed by atoms with Gasteiger partial charge in [-0.3, -0.25) is 0 Å². The van der Waals surface area contributed by atoms with Gasteiger partial charge in [0.1, 0.15) is 5.75 Å². The van der Waals surface area contributed by atoms with E-state index in [4.69, 9.17) is 4.74 Å². The van der Waals surface area contributed by atoms with Gasteiger partial charge >= 0.3 is 0 Å². The number of nitrogens with zero attached hydrogens (tertiary/aromatic N) is 1. The number of ether oxygens (including phenoxy) is 1. The molecule has 0 aliphatic rings. The summed E-state index contributed by atoms with van der Waals surface area (Å²) < 4.78 is 5.36. The van der Waals surface area contributed by atoms with Crippen molar-refractivity contribution in [2.45, 2.75) is 0 Å². The van der Waals surface area contributed by atoms with Gasteiger partial charge in [-0.05, 0) is 70.1 Å². The molecule has 0 saturated carbocycles. The highest BCUT2D eigenvalue weighted by atomic mass is 16.5. The largest absolute Gasteiger partial charge is 0.497 e. The third kappa shape index (κ3) is 3.30. The topological polar surface area (TPSA) is 12.5 Å². The van der Waals surface area contributed by atoms with Crippen LogP contribution in [0.4, 0.5) is 17.1 Å². The number of fused-ring (bicyclic) bond motifs is 2. The lowest BCUT2D eigenvalue weighted by molar-refractivity contribution is 0.415. The van der Waals surface area contributed by atoms with Gasteiger partial charge < -0.3 is 9.64 Å². The Labute approximate surface area is 170 Å². The van der Waals surface area contributed by atoms with Gasteiger partial charge in [0, 0.05) is 17.1 Å². The zero-order valence-electron chi connectivity index (χ0n) is 16.2. The summed E-state index contributed by atoms with van der Waals surface area (Å²) in [5, 5.41) is 4.93. The predicted molar refractivity (Wildman–Crippen MR) is 123 cm³/mol. The molecular weight excluding hydrogens is 354 g/mol. The third-order valence-electron chi connectivity index (χ3n) is 5.31. The summed E-state index contributed by atoms with van der Waals surface area (Å²) in [5.74, 6) is 0.853. The Kier molecular flexibility index (Phi) is 4.38. The minimum Gasteiger partial charge on any atom is -0.497 e. The van der Waals surface area contributed by atoms with Crippen LogP contribution in [-0.2, 0) is 0 Å². The summed E-state index contributed by atoms with van der Waals surface area (Å²) in [7, 11) is 1.69. The highest BCUT2D eigenvalue weighted by molar-refractivity contribution is 5.92. The van der Waals surface area contributed by atoms with Crippen molar-refractivity contribution in [1.29, 1.82) is 0 Å². The molecule has 0 fully saturated rings. The van der Waals surface area contributed by atoms with Gasteiger partial charge in [-0.15, -0.1) is 0 Å². The Bertz CT molecular complexity index is 1210. The first-order valence-corrected chi connectivity index (χ1v) is 9.74. The molecule has 0 aliphatic heterocycles. The zero-order valence-corrected chi connectivity index (χ0v) is 16.2. The van der Waals surface area contributed by atoms with Crippen LogP contribution in [0.25, 0.3) is 21.5 Å². The van der Waals surface area contributed by atoms with E-state index in [2.05, 4.69) is 102 Å². The van der Waals surface area contributed by atoms with E-state index in [-0.39, 0.29) is 0 Å². The van der Waals surface area contributed by atoms with Gasteiger partial charge in [-0.2, -0.15) is 0 Å². The molecule has 0 aliphatic carbocycles. The molecule has 0 aromatic heterocycles. The van der Waals surface area contributed by atoms with Crippen LogP contribution < -0.4 is 9.64 Å². The highest BCUT2D eigenvalue weighted by Gasteiger charge is 2.13. The number of hydrogen-bond acceptors (Lipinski definition) is 2. The summed E-state index contributed by atoms with van der Waals surface area (Å²) in [6.45, 7) is 0. The van der Waals surface area contributed by atoms with Crippen LogP contribution in [0, 0.1) is 0 Å². The Morgan fingerprint density at radius 1 is 0.483 bits per heavy atom. The second kappa shape index (κ2) is 7.33. The quantitative estimate of drug-likeness (QED) is 0.323. The minimum atomic E-state index is 0.853. The second-order valence-corrected chi connectivity index (χ2v) is 7.10. The van der Waals surface area contributed by atoms with E-state index < -0.39 is 0 Å². The average molecular weight is 375 g/mol. The number of anilines is 3. The lowest BCUT2D eigenvalue weighted by Gasteiger charge is -2.26. The first-order valence-electron chi connectivity index (χ1n) is 9.74. The zero-order chi connectivity index (χ0) is 19.6. The van der Waals surface area contributed by atoms with Crippen LogP contribution in [0.5, 0.6) is 5.75 Å². The molecule has 0 unspecified atom stereocenters. The van der Waals surface area contributed by atoms with Crippen LogP contribution in [0.3, 0.4) is 0 Å². The van der Waals surface area contributed by atoms with Crippen molar-refractivity contribution in [2.75, 3.05) is 12.0 Å². The smallest absolute Gasteiger partial charge is 0.119 e. The van der Waals surface area contributed by atoms with Gasteiger partial charge in [0.25, 0.3) is 0 Å². The van der Waals surface area contributed by atoms with Crippen molar-refractivity contribution < 1.29 is 4.74 Å². The second-order valence-electron chi connectivity index (χ2n) is 7.10. The van der Waals surface area contributed by atoms with Crippen LogP contribution in [-0.4, -0.2) is 7.11 Å². The molecule has 140 valence electrons. The number of methoxy groups -OCH3 is 1. The summed E-state index contributed by atoms with van der Waals surface area (Å²) >= 11 is 0. The SMILES string of the molecule is COc1ccc(N(c2ccc3ccccc3c2)c2ccc3ccccc3c2)cc1. The minimum absolute atomic E-state index is 0.853. The molecule has 0 bridgehead atoms. The summed E-state index contributed by atoms with van der Waals surface area (Å²) in [6.07, 6.45) is 0. The van der Waals surface area contributed by atoms with Crippen LogP contribution in [0.2, 0.25) is 0 Å². The van der Waals surface area contributed by atoms with Crippen LogP contribution >= 0.6 is 0 Å². The number of benzene rings is 5. The molecule has 2 nitrogen and oxygen atoms in total. The number of rotatable bonds is 4. The molecule has 5 rings (SSSR count). The number of hydrogen-bond donors (Lipinski definition) is 0. The van der Waals surface area contributed by atoms with E-state index in [1.165, 1.54) is 21.5 Å². The van der Waals surface area contributed by atoms with Crippen molar-refractivity contribution in [1.82, 2.24) is 0 Å². The van der Waals surface area contributed by atoms with E-state index in [0.29, 0.717) is 0 Å². The molecule has 0 amide bonds. The Balaban J connectivity index is 1.70. The van der Waals surface area contributed by atoms with Gasteiger partial charge in [0.15, 0.2) is 0 Å². The molecule has 5 aromatic rings. The van der Waals surface area contributed by atoms with E-state index in [9.17, 15) is 0 Å². The van der Waals surface area contributed by atoms with Crippen LogP contribution in [0.1, 0.15) is 0 Å². The van der Waals surface area contributed by atoms with Gasteiger partial charge in [0.05, 0.1) is 7.11 Å². The van der Waals surface area contributed by atoms with Crippen molar-refractivity contribution in [2.24, 2.45) is 0 Å². The monoisotopic (exact) mass is 375 g/mol. The molecule has 0 heterocycles. The highest BCUT2D eigenvalue weighted by Crippen LogP contribution is 2.37. The summed E-state index contributed by atoms with van der Waals surface area (Å²) in [4.78, 5) is 2.29. The normalized spacial score (nSPS) is 10.9. The Hall–Kier alpha value is -3.78. The maximum Gasteiger partial charge on any atom is 0.119 e. The Morgan fingerprint density at radius 3 is 1.41 bits per heavy atom. The summed E-state index contributed by atoms with van der Waals surface area (Å²) in [5.41, 5.74) is 3.35. The fourth-order valence-electron chi connectivity index (χ4n) is 3.81.